The van der Waals surface area contributed by atoms with Crippen LogP contribution in [0.4, 0.5) is 33.7 Å². The lowest BCUT2D eigenvalue weighted by Crippen LogP contribution is -2.45. The first-order valence-corrected chi connectivity index (χ1v) is 9.47. The molecule has 4 rings (SSSR count). The van der Waals surface area contributed by atoms with Gasteiger partial charge >= 0.3 is 12.2 Å². The van der Waals surface area contributed by atoms with Gasteiger partial charge in [0.15, 0.2) is 11.6 Å². The van der Waals surface area contributed by atoms with Crippen LogP contribution < -0.4 is 14.5 Å². The quantitative estimate of drug-likeness (QED) is 0.523. The number of ether oxygens (including phenoxy) is 2. The van der Waals surface area contributed by atoms with Crippen molar-refractivity contribution in [2.24, 2.45) is 0 Å². The second-order valence-corrected chi connectivity index (χ2v) is 7.19. The third kappa shape index (κ3) is 3.62. The van der Waals surface area contributed by atoms with Crippen molar-refractivity contribution in [3.8, 4) is 11.8 Å². The number of hydrogen-bond donors (Lipinski definition) is 0. The summed E-state index contributed by atoms with van der Waals surface area (Å²) >= 11 is 0. The van der Waals surface area contributed by atoms with Gasteiger partial charge in [-0.15, -0.1) is 0 Å². The highest BCUT2D eigenvalue weighted by Crippen LogP contribution is 2.40. The first-order valence-electron chi connectivity index (χ1n) is 9.47. The van der Waals surface area contributed by atoms with Gasteiger partial charge in [-0.3, -0.25) is 14.6 Å². The van der Waals surface area contributed by atoms with Gasteiger partial charge in [0.05, 0.1) is 35.9 Å². The molecule has 2 aromatic carbocycles. The van der Waals surface area contributed by atoms with Gasteiger partial charge in [0.1, 0.15) is 0 Å². The van der Waals surface area contributed by atoms with E-state index in [0.29, 0.717) is 13.0 Å². The summed E-state index contributed by atoms with van der Waals surface area (Å²) < 4.78 is 64.6. The molecule has 2 atom stereocenters. The number of halogens is 4. The zero-order valence-corrected chi connectivity index (χ0v) is 16.3. The molecule has 2 saturated heterocycles. The summed E-state index contributed by atoms with van der Waals surface area (Å²) in [5.74, 6) is -1.19. The van der Waals surface area contributed by atoms with Gasteiger partial charge in [-0.2, -0.15) is 18.4 Å². The van der Waals surface area contributed by atoms with Crippen molar-refractivity contribution in [1.29, 1.82) is 5.26 Å². The lowest BCUT2D eigenvalue weighted by Gasteiger charge is -2.32. The van der Waals surface area contributed by atoms with Crippen molar-refractivity contribution in [3.05, 3.63) is 53.3 Å². The molecule has 0 aromatic heterocycles. The lowest BCUT2D eigenvalue weighted by atomic mass is 10.0. The largest absolute Gasteiger partial charge is 0.426 e. The molecular weight excluding hydrogens is 434 g/mol. The van der Waals surface area contributed by atoms with Crippen LogP contribution in [0.25, 0.3) is 0 Å². The normalized spacial score (nSPS) is 20.7. The van der Waals surface area contributed by atoms with E-state index in [0.717, 1.165) is 18.2 Å². The molecule has 0 unspecified atom stereocenters. The summed E-state index contributed by atoms with van der Waals surface area (Å²) in [6.07, 6.45) is -4.41. The molecule has 2 fully saturated rings. The Morgan fingerprint density at radius 2 is 1.81 bits per heavy atom. The van der Waals surface area contributed by atoms with Crippen molar-refractivity contribution in [3.63, 3.8) is 0 Å². The monoisotopic (exact) mass is 449 g/mol. The minimum absolute atomic E-state index is 0.0503. The lowest BCUT2D eigenvalue weighted by molar-refractivity contribution is -0.137. The molecular formula is C21H15F4N3O4. The number of urea groups is 1. The zero-order chi connectivity index (χ0) is 23.0. The van der Waals surface area contributed by atoms with Gasteiger partial charge in [-0.05, 0) is 36.8 Å². The summed E-state index contributed by atoms with van der Waals surface area (Å²) in [4.78, 5) is 26.3. The highest BCUT2D eigenvalue weighted by Gasteiger charge is 2.49. The fraction of sp³-hybridized carbons (Fsp3) is 0.286. The summed E-state index contributed by atoms with van der Waals surface area (Å²) in [5, 5.41) is 9.03. The van der Waals surface area contributed by atoms with Gasteiger partial charge in [-0.1, -0.05) is 0 Å². The standard InChI is InChI=1S/C21H15F4N3O4/c22-16-8-14(3-4-19(16)32-11-29)27-17-5-6-31-10-18(17)28(20(27)30)13-2-1-12(9-26)15(7-13)21(23,24)25/h1-4,7-8,11,17-18H,5-6,10H2/t17-,18-/m0/s1. The number of hydrogen-bond acceptors (Lipinski definition) is 5. The van der Waals surface area contributed by atoms with E-state index in [2.05, 4.69) is 4.74 Å². The van der Waals surface area contributed by atoms with Crippen LogP contribution in [0.5, 0.6) is 5.75 Å². The first kappa shape index (κ1) is 21.6. The van der Waals surface area contributed by atoms with Crippen molar-refractivity contribution in [2.75, 3.05) is 23.0 Å². The highest BCUT2D eigenvalue weighted by molar-refractivity contribution is 6.07. The molecule has 2 heterocycles. The number of benzene rings is 2. The molecule has 0 spiro atoms. The van der Waals surface area contributed by atoms with E-state index >= 15 is 0 Å². The van der Waals surface area contributed by atoms with E-state index < -0.39 is 41.2 Å². The van der Waals surface area contributed by atoms with Gasteiger partial charge in [0.25, 0.3) is 6.47 Å². The maximum atomic E-state index is 14.3. The molecule has 2 amide bonds. The number of rotatable bonds is 4. The van der Waals surface area contributed by atoms with Crippen LogP contribution >= 0.6 is 0 Å². The molecule has 2 aliphatic rings. The Balaban J connectivity index is 1.77. The predicted molar refractivity (Wildman–Crippen MR) is 103 cm³/mol. The van der Waals surface area contributed by atoms with E-state index in [1.807, 2.05) is 0 Å². The van der Waals surface area contributed by atoms with Crippen molar-refractivity contribution >= 4 is 23.9 Å². The number of carbonyl (C=O) groups is 2. The number of alkyl halides is 3. The molecule has 0 aliphatic carbocycles. The number of carbonyl (C=O) groups excluding carboxylic acids is 2. The third-order valence-corrected chi connectivity index (χ3v) is 5.44. The van der Waals surface area contributed by atoms with Gasteiger partial charge in [0, 0.05) is 24.0 Å². The second kappa shape index (κ2) is 8.12. The Kier molecular flexibility index (Phi) is 5.48. The third-order valence-electron chi connectivity index (χ3n) is 5.44. The Labute approximate surface area is 179 Å². The van der Waals surface area contributed by atoms with E-state index in [1.54, 1.807) is 0 Å². The second-order valence-electron chi connectivity index (χ2n) is 7.19. The molecule has 32 heavy (non-hydrogen) atoms. The maximum Gasteiger partial charge on any atom is 0.417 e. The minimum Gasteiger partial charge on any atom is -0.426 e. The van der Waals surface area contributed by atoms with Crippen LogP contribution in [0.2, 0.25) is 0 Å². The fourth-order valence-corrected chi connectivity index (χ4v) is 4.06. The molecule has 2 aliphatic heterocycles. The average Bonchev–Trinajstić information content (AvgIpc) is 3.06. The minimum atomic E-state index is -4.79. The zero-order valence-electron chi connectivity index (χ0n) is 16.3. The van der Waals surface area contributed by atoms with E-state index in [-0.39, 0.29) is 30.2 Å². The average molecular weight is 449 g/mol. The van der Waals surface area contributed by atoms with Crippen LogP contribution in [-0.4, -0.2) is 37.8 Å². The van der Waals surface area contributed by atoms with Crippen LogP contribution in [-0.2, 0) is 15.7 Å². The molecule has 166 valence electrons. The van der Waals surface area contributed by atoms with Crippen LogP contribution in [0.3, 0.4) is 0 Å². The number of anilines is 2. The smallest absolute Gasteiger partial charge is 0.417 e. The number of amides is 2. The van der Waals surface area contributed by atoms with Crippen molar-refractivity contribution in [2.45, 2.75) is 24.7 Å². The summed E-state index contributed by atoms with van der Waals surface area (Å²) in [7, 11) is 0. The van der Waals surface area contributed by atoms with Crippen LogP contribution in [0, 0.1) is 17.1 Å². The summed E-state index contributed by atoms with van der Waals surface area (Å²) in [6.45, 7) is 0.455. The SMILES string of the molecule is N#Cc1ccc(N2C(=O)N(c3ccc(OC=O)c(F)c3)[C@H]3CCOC[C@@H]32)cc1C(F)(F)F. The van der Waals surface area contributed by atoms with Crippen LogP contribution in [0.15, 0.2) is 36.4 Å². The Hall–Kier alpha value is -3.65. The molecule has 0 radical (unpaired) electrons. The molecule has 2 aromatic rings. The molecule has 0 N–H and O–H groups in total. The molecule has 0 bridgehead atoms. The maximum absolute atomic E-state index is 14.3. The summed E-state index contributed by atoms with van der Waals surface area (Å²) in [6, 6.07) is 6.36. The van der Waals surface area contributed by atoms with E-state index in [9.17, 15) is 27.2 Å². The van der Waals surface area contributed by atoms with E-state index in [4.69, 9.17) is 10.00 Å². The number of nitrogens with zero attached hydrogens (tertiary/aromatic N) is 3. The number of nitriles is 1. The van der Waals surface area contributed by atoms with Gasteiger partial charge in [-0.25, -0.2) is 9.18 Å². The Morgan fingerprint density at radius 1 is 1.12 bits per heavy atom. The van der Waals surface area contributed by atoms with Gasteiger partial charge in [0.2, 0.25) is 0 Å². The summed E-state index contributed by atoms with van der Waals surface area (Å²) in [5.41, 5.74) is -1.60. The molecule has 7 nitrogen and oxygen atoms in total. The highest BCUT2D eigenvalue weighted by atomic mass is 19.4. The Bertz CT molecular complexity index is 1120. The van der Waals surface area contributed by atoms with Crippen molar-refractivity contribution < 1.29 is 36.6 Å². The first-order chi connectivity index (χ1) is 15.3. The molecule has 0 saturated carbocycles. The van der Waals surface area contributed by atoms with E-state index in [1.165, 1.54) is 34.1 Å². The van der Waals surface area contributed by atoms with Crippen LogP contribution in [0.1, 0.15) is 17.5 Å². The Morgan fingerprint density at radius 3 is 2.47 bits per heavy atom. The predicted octanol–water partition coefficient (Wildman–Crippen LogP) is 3.86. The number of fused-ring (bicyclic) bond motifs is 1. The molecule has 11 heteroatoms. The van der Waals surface area contributed by atoms with Crippen molar-refractivity contribution in [1.82, 2.24) is 0 Å². The fourth-order valence-electron chi connectivity index (χ4n) is 4.06. The topological polar surface area (TPSA) is 82.9 Å². The van der Waals surface area contributed by atoms with Gasteiger partial charge < -0.3 is 9.47 Å².